The molecule has 8 heteroatoms. The van der Waals surface area contributed by atoms with E-state index in [4.69, 9.17) is 5.14 Å². The molecule has 1 aliphatic rings. The van der Waals surface area contributed by atoms with Crippen LogP contribution in [0.2, 0.25) is 0 Å². The molecule has 4 nitrogen and oxygen atoms in total. The molecule has 1 unspecified atom stereocenters. The summed E-state index contributed by atoms with van der Waals surface area (Å²) in [6.45, 7) is 0. The number of nitrogens with one attached hydrogen (secondary N) is 1. The number of anilines is 1. The van der Waals surface area contributed by atoms with Crippen LogP contribution >= 0.6 is 0 Å². The number of hydrogen-bond donors (Lipinski definition) is 2. The lowest BCUT2D eigenvalue weighted by Crippen LogP contribution is -2.25. The second-order valence-electron chi connectivity index (χ2n) is 6.53. The van der Waals surface area contributed by atoms with Crippen molar-refractivity contribution in [1.82, 2.24) is 0 Å². The monoisotopic (exact) mass is 384 g/mol. The van der Waals surface area contributed by atoms with Gasteiger partial charge in [-0.15, -0.1) is 0 Å². The number of halogens is 3. The molecule has 2 aromatic rings. The van der Waals surface area contributed by atoms with Crippen molar-refractivity contribution >= 4 is 15.7 Å². The first-order valence-corrected chi connectivity index (χ1v) is 9.74. The molecule has 1 saturated carbocycles. The molecule has 1 atom stereocenters. The Morgan fingerprint density at radius 3 is 2.31 bits per heavy atom. The SMILES string of the molecule is NS(=O)(=O)c1ccc(NC(Cc2ccccc2)C2CC2)cc1C(F)(F)F. The van der Waals surface area contributed by atoms with Gasteiger partial charge in [0.2, 0.25) is 10.0 Å². The zero-order chi connectivity index (χ0) is 18.9. The van der Waals surface area contributed by atoms with Gasteiger partial charge in [0, 0.05) is 11.7 Å². The van der Waals surface area contributed by atoms with Gasteiger partial charge in [-0.2, -0.15) is 13.2 Å². The first kappa shape index (κ1) is 18.7. The molecule has 0 aromatic heterocycles. The van der Waals surface area contributed by atoms with Crippen molar-refractivity contribution in [3.63, 3.8) is 0 Å². The molecule has 26 heavy (non-hydrogen) atoms. The van der Waals surface area contributed by atoms with Crippen molar-refractivity contribution in [3.05, 3.63) is 59.7 Å². The van der Waals surface area contributed by atoms with Gasteiger partial charge in [0.25, 0.3) is 0 Å². The lowest BCUT2D eigenvalue weighted by Gasteiger charge is -2.21. The molecule has 0 saturated heterocycles. The summed E-state index contributed by atoms with van der Waals surface area (Å²) < 4.78 is 62.7. The fourth-order valence-electron chi connectivity index (χ4n) is 3.01. The summed E-state index contributed by atoms with van der Waals surface area (Å²) >= 11 is 0. The van der Waals surface area contributed by atoms with Gasteiger partial charge in [-0.05, 0) is 48.9 Å². The van der Waals surface area contributed by atoms with E-state index in [0.29, 0.717) is 12.3 Å². The van der Waals surface area contributed by atoms with E-state index in [1.54, 1.807) is 0 Å². The summed E-state index contributed by atoms with van der Waals surface area (Å²) in [6.07, 6.45) is -2.09. The van der Waals surface area contributed by atoms with Crippen molar-refractivity contribution in [2.45, 2.75) is 36.4 Å². The summed E-state index contributed by atoms with van der Waals surface area (Å²) in [5.74, 6) is 0.391. The second-order valence-corrected chi connectivity index (χ2v) is 8.06. The quantitative estimate of drug-likeness (QED) is 0.796. The van der Waals surface area contributed by atoms with E-state index in [-0.39, 0.29) is 11.7 Å². The highest BCUT2D eigenvalue weighted by Gasteiger charge is 2.37. The Hall–Kier alpha value is -2.06. The Morgan fingerprint density at radius 2 is 1.77 bits per heavy atom. The second kappa shape index (κ2) is 6.92. The van der Waals surface area contributed by atoms with Crippen LogP contribution in [0.3, 0.4) is 0 Å². The van der Waals surface area contributed by atoms with Gasteiger partial charge in [-0.1, -0.05) is 30.3 Å². The minimum Gasteiger partial charge on any atom is -0.382 e. The van der Waals surface area contributed by atoms with Crippen LogP contribution in [0.4, 0.5) is 18.9 Å². The molecule has 0 amide bonds. The van der Waals surface area contributed by atoms with Gasteiger partial charge in [0.05, 0.1) is 10.5 Å². The highest BCUT2D eigenvalue weighted by molar-refractivity contribution is 7.89. The van der Waals surface area contributed by atoms with Gasteiger partial charge in [0.1, 0.15) is 0 Å². The van der Waals surface area contributed by atoms with Crippen LogP contribution in [0.1, 0.15) is 24.0 Å². The lowest BCUT2D eigenvalue weighted by atomic mass is 10.0. The Kier molecular flexibility index (Phi) is 4.98. The van der Waals surface area contributed by atoms with E-state index in [1.165, 1.54) is 6.07 Å². The summed E-state index contributed by atoms with van der Waals surface area (Å²) in [5.41, 5.74) is 0.0749. The van der Waals surface area contributed by atoms with Crippen molar-refractivity contribution in [2.75, 3.05) is 5.32 Å². The molecule has 2 aromatic carbocycles. The van der Waals surface area contributed by atoms with Crippen molar-refractivity contribution in [1.29, 1.82) is 0 Å². The molecule has 0 aliphatic heterocycles. The van der Waals surface area contributed by atoms with Crippen molar-refractivity contribution in [2.24, 2.45) is 11.1 Å². The Bertz CT molecular complexity index is 879. The molecule has 0 bridgehead atoms. The largest absolute Gasteiger partial charge is 0.417 e. The van der Waals surface area contributed by atoms with Gasteiger partial charge in [0.15, 0.2) is 0 Å². The number of benzene rings is 2. The zero-order valence-corrected chi connectivity index (χ0v) is 14.6. The summed E-state index contributed by atoms with van der Waals surface area (Å²) in [6, 6.07) is 12.7. The number of sulfonamides is 1. The fourth-order valence-corrected chi connectivity index (χ4v) is 3.74. The maximum absolute atomic E-state index is 13.3. The molecule has 3 rings (SSSR count). The van der Waals surface area contributed by atoms with Crippen molar-refractivity contribution < 1.29 is 21.6 Å². The van der Waals surface area contributed by atoms with Gasteiger partial charge in [-0.3, -0.25) is 0 Å². The Balaban J connectivity index is 1.88. The van der Waals surface area contributed by atoms with E-state index in [2.05, 4.69) is 5.32 Å². The number of primary sulfonamides is 1. The summed E-state index contributed by atoms with van der Waals surface area (Å²) in [5, 5.41) is 8.06. The third-order valence-electron chi connectivity index (χ3n) is 4.43. The van der Waals surface area contributed by atoms with Crippen LogP contribution in [0.15, 0.2) is 53.4 Å². The average Bonchev–Trinajstić information content (AvgIpc) is 3.38. The van der Waals surface area contributed by atoms with Gasteiger partial charge < -0.3 is 5.32 Å². The van der Waals surface area contributed by atoms with Gasteiger partial charge in [-0.25, -0.2) is 13.6 Å². The molecular weight excluding hydrogens is 365 g/mol. The molecule has 1 aliphatic carbocycles. The molecule has 0 heterocycles. The first-order valence-electron chi connectivity index (χ1n) is 8.19. The number of hydrogen-bond acceptors (Lipinski definition) is 3. The highest BCUT2D eigenvalue weighted by Crippen LogP contribution is 2.38. The number of alkyl halides is 3. The molecule has 0 spiro atoms. The van der Waals surface area contributed by atoms with Gasteiger partial charge >= 0.3 is 6.18 Å². The molecule has 3 N–H and O–H groups in total. The molecule has 0 radical (unpaired) electrons. The zero-order valence-electron chi connectivity index (χ0n) is 13.8. The van der Waals surface area contributed by atoms with E-state index >= 15 is 0 Å². The van der Waals surface area contributed by atoms with E-state index in [0.717, 1.165) is 30.5 Å². The molecule has 1 fully saturated rings. The van der Waals surface area contributed by atoms with Crippen LogP contribution in [-0.4, -0.2) is 14.5 Å². The smallest absolute Gasteiger partial charge is 0.382 e. The lowest BCUT2D eigenvalue weighted by molar-refractivity contribution is -0.139. The fraction of sp³-hybridized carbons (Fsp3) is 0.333. The van der Waals surface area contributed by atoms with E-state index in [9.17, 15) is 21.6 Å². The summed E-state index contributed by atoms with van der Waals surface area (Å²) in [7, 11) is -4.46. The standard InChI is InChI=1S/C18H19F3N2O2S/c19-18(20,21)15-11-14(8-9-17(15)26(22,24)25)23-16(13-6-7-13)10-12-4-2-1-3-5-12/h1-5,8-9,11,13,16,23H,6-7,10H2,(H2,22,24,25). The predicted octanol–water partition coefficient (Wildman–Crippen LogP) is 3.79. The maximum Gasteiger partial charge on any atom is 0.417 e. The number of rotatable bonds is 6. The first-order chi connectivity index (χ1) is 12.1. The van der Waals surface area contributed by atoms with Crippen molar-refractivity contribution in [3.8, 4) is 0 Å². The van der Waals surface area contributed by atoms with Crippen LogP contribution in [-0.2, 0) is 22.6 Å². The normalized spacial score (nSPS) is 16.3. The van der Waals surface area contributed by atoms with E-state index in [1.807, 2.05) is 30.3 Å². The summed E-state index contributed by atoms with van der Waals surface area (Å²) in [4.78, 5) is -0.915. The molecular formula is C18H19F3N2O2S. The highest BCUT2D eigenvalue weighted by atomic mass is 32.2. The van der Waals surface area contributed by atoms with Crippen LogP contribution in [0.5, 0.6) is 0 Å². The van der Waals surface area contributed by atoms with E-state index < -0.39 is 26.7 Å². The minimum absolute atomic E-state index is 0.0150. The average molecular weight is 384 g/mol. The molecule has 140 valence electrons. The van der Waals surface area contributed by atoms with Crippen LogP contribution in [0, 0.1) is 5.92 Å². The number of nitrogens with two attached hydrogens (primary N) is 1. The maximum atomic E-state index is 13.3. The third-order valence-corrected chi connectivity index (χ3v) is 5.40. The van der Waals surface area contributed by atoms with Crippen LogP contribution < -0.4 is 10.5 Å². The third kappa shape index (κ3) is 4.56. The minimum atomic E-state index is -4.81. The Labute approximate surface area is 150 Å². The topological polar surface area (TPSA) is 72.2 Å². The Morgan fingerprint density at radius 1 is 1.12 bits per heavy atom. The van der Waals surface area contributed by atoms with Crippen LogP contribution in [0.25, 0.3) is 0 Å². The predicted molar refractivity (Wildman–Crippen MR) is 93.1 cm³/mol.